The molecule has 0 saturated carbocycles. The van der Waals surface area contributed by atoms with Gasteiger partial charge in [0, 0.05) is 13.0 Å². The first-order valence-electron chi connectivity index (χ1n) is 5.76. The zero-order valence-corrected chi connectivity index (χ0v) is 10.5. The van der Waals surface area contributed by atoms with Crippen LogP contribution >= 0.6 is 11.8 Å². The van der Waals surface area contributed by atoms with Gasteiger partial charge >= 0.3 is 0 Å². The van der Waals surface area contributed by atoms with Crippen molar-refractivity contribution in [1.82, 2.24) is 4.90 Å². The van der Waals surface area contributed by atoms with Gasteiger partial charge in [-0.15, -0.1) is 11.8 Å². The van der Waals surface area contributed by atoms with E-state index in [2.05, 4.69) is 13.8 Å². The van der Waals surface area contributed by atoms with Crippen molar-refractivity contribution in [3.8, 4) is 0 Å². The lowest BCUT2D eigenvalue weighted by atomic mass is 10.3. The normalized spacial score (nSPS) is 20.8. The molecule has 4 heteroatoms. The average Bonchev–Trinajstić information content (AvgIpc) is 2.87. The fraction of sp³-hybridized carbons (Fsp3) is 0.583. The Morgan fingerprint density at radius 2 is 2.31 bits per heavy atom. The average molecular weight is 239 g/mol. The molecule has 2 rings (SSSR count). The lowest BCUT2D eigenvalue weighted by molar-refractivity contribution is -0.128. The van der Waals surface area contributed by atoms with Gasteiger partial charge in [-0.1, -0.05) is 13.8 Å². The maximum Gasteiger partial charge on any atom is 0.233 e. The van der Waals surface area contributed by atoms with Crippen molar-refractivity contribution < 1.29 is 9.21 Å². The summed E-state index contributed by atoms with van der Waals surface area (Å²) in [5, 5.41) is 0.0905. The van der Waals surface area contributed by atoms with Crippen LogP contribution in [0.4, 0.5) is 0 Å². The minimum absolute atomic E-state index is 0.0905. The van der Waals surface area contributed by atoms with Gasteiger partial charge in [-0.2, -0.15) is 0 Å². The smallest absolute Gasteiger partial charge is 0.233 e. The van der Waals surface area contributed by atoms with Crippen molar-refractivity contribution in [3.05, 3.63) is 23.7 Å². The molecule has 0 aromatic carbocycles. The molecule has 0 bridgehead atoms. The largest absolute Gasteiger partial charge is 0.463 e. The molecule has 0 radical (unpaired) electrons. The Kier molecular flexibility index (Phi) is 3.59. The van der Waals surface area contributed by atoms with Crippen molar-refractivity contribution in [2.45, 2.75) is 32.1 Å². The Bertz CT molecular complexity index is 375. The van der Waals surface area contributed by atoms with Crippen LogP contribution in [0, 0.1) is 0 Å². The minimum Gasteiger partial charge on any atom is -0.463 e. The number of rotatable bonds is 4. The molecule has 1 fully saturated rings. The lowest BCUT2D eigenvalue weighted by Gasteiger charge is -2.21. The summed E-state index contributed by atoms with van der Waals surface area (Å²) in [6, 6.07) is 4.00. The van der Waals surface area contributed by atoms with Crippen LogP contribution in [0.1, 0.15) is 37.2 Å². The molecule has 1 aliphatic rings. The van der Waals surface area contributed by atoms with Gasteiger partial charge in [-0.3, -0.25) is 4.79 Å². The van der Waals surface area contributed by atoms with Crippen LogP contribution in [0.3, 0.4) is 0 Å². The summed E-state index contributed by atoms with van der Waals surface area (Å²) >= 11 is 1.66. The van der Waals surface area contributed by atoms with E-state index in [1.54, 1.807) is 11.8 Å². The molecule has 1 aromatic heterocycles. The number of furan rings is 1. The zero-order chi connectivity index (χ0) is 11.5. The van der Waals surface area contributed by atoms with E-state index in [0.717, 1.165) is 30.9 Å². The first-order chi connectivity index (χ1) is 7.76. The molecule has 0 spiro atoms. The highest BCUT2D eigenvalue weighted by Gasteiger charge is 2.33. The number of nitrogens with zero attached hydrogens (tertiary/aromatic N) is 1. The van der Waals surface area contributed by atoms with Gasteiger partial charge in [0.2, 0.25) is 5.91 Å². The number of carbonyl (C=O) groups excluding carboxylic acids is 1. The predicted octanol–water partition coefficient (Wildman–Crippen LogP) is 2.83. The van der Waals surface area contributed by atoms with Crippen molar-refractivity contribution in [3.63, 3.8) is 0 Å². The molecule has 16 heavy (non-hydrogen) atoms. The first kappa shape index (κ1) is 11.6. The fourth-order valence-electron chi connectivity index (χ4n) is 1.89. The molecule has 1 aromatic rings. The fourth-order valence-corrected chi connectivity index (χ4v) is 3.05. The second kappa shape index (κ2) is 4.95. The van der Waals surface area contributed by atoms with Gasteiger partial charge in [0.1, 0.15) is 16.9 Å². The van der Waals surface area contributed by atoms with E-state index in [1.165, 1.54) is 0 Å². The van der Waals surface area contributed by atoms with Crippen molar-refractivity contribution in [2.24, 2.45) is 0 Å². The first-order valence-corrected chi connectivity index (χ1v) is 6.80. The highest BCUT2D eigenvalue weighted by Crippen LogP contribution is 2.39. The van der Waals surface area contributed by atoms with E-state index in [1.807, 2.05) is 17.0 Å². The summed E-state index contributed by atoms with van der Waals surface area (Å²) in [4.78, 5) is 13.6. The monoisotopic (exact) mass is 239 g/mol. The van der Waals surface area contributed by atoms with Gasteiger partial charge in [0.25, 0.3) is 0 Å². The van der Waals surface area contributed by atoms with Crippen LogP contribution in [-0.2, 0) is 11.2 Å². The van der Waals surface area contributed by atoms with Gasteiger partial charge in [0.05, 0.1) is 5.75 Å². The number of thioether (sulfide) groups is 1. The third-order valence-electron chi connectivity index (χ3n) is 2.71. The molecular weight excluding hydrogens is 222 g/mol. The quantitative estimate of drug-likeness (QED) is 0.810. The molecule has 1 aliphatic heterocycles. The van der Waals surface area contributed by atoms with Crippen molar-refractivity contribution >= 4 is 17.7 Å². The molecular formula is C12H17NO2S. The second-order valence-corrected chi connectivity index (χ2v) is 4.98. The predicted molar refractivity (Wildman–Crippen MR) is 65.3 cm³/mol. The van der Waals surface area contributed by atoms with Crippen LogP contribution in [0.15, 0.2) is 16.5 Å². The second-order valence-electron chi connectivity index (χ2n) is 3.91. The van der Waals surface area contributed by atoms with Gasteiger partial charge in [-0.05, 0) is 18.6 Å². The summed E-state index contributed by atoms with van der Waals surface area (Å²) in [6.45, 7) is 4.98. The summed E-state index contributed by atoms with van der Waals surface area (Å²) in [6.07, 6.45) is 1.89. The summed E-state index contributed by atoms with van der Waals surface area (Å²) in [7, 11) is 0. The summed E-state index contributed by atoms with van der Waals surface area (Å²) in [5.41, 5.74) is 0. The maximum atomic E-state index is 11.7. The van der Waals surface area contributed by atoms with Gasteiger partial charge in [0.15, 0.2) is 0 Å². The maximum absolute atomic E-state index is 11.7. The van der Waals surface area contributed by atoms with Crippen LogP contribution in [0.2, 0.25) is 0 Å². The van der Waals surface area contributed by atoms with Crippen LogP contribution < -0.4 is 0 Å². The molecule has 0 N–H and O–H groups in total. The molecule has 1 atom stereocenters. The third-order valence-corrected chi connectivity index (χ3v) is 3.92. The minimum atomic E-state index is 0.0905. The Balaban J connectivity index is 2.16. The van der Waals surface area contributed by atoms with E-state index in [4.69, 9.17) is 4.42 Å². The number of hydrogen-bond acceptors (Lipinski definition) is 3. The van der Waals surface area contributed by atoms with Gasteiger partial charge < -0.3 is 9.32 Å². The Labute approximate surface area is 100 Å². The molecule has 0 aliphatic carbocycles. The lowest BCUT2D eigenvalue weighted by Crippen LogP contribution is -2.28. The third kappa shape index (κ3) is 2.12. The van der Waals surface area contributed by atoms with E-state index in [9.17, 15) is 4.79 Å². The summed E-state index contributed by atoms with van der Waals surface area (Å²) in [5.74, 6) is 2.71. The number of carbonyl (C=O) groups is 1. The number of hydrogen-bond donors (Lipinski definition) is 0. The molecule has 2 heterocycles. The SMILES string of the molecule is CCCN1C(=O)CSC1c1ccc(CC)o1. The Morgan fingerprint density at radius 3 is 2.94 bits per heavy atom. The van der Waals surface area contributed by atoms with E-state index >= 15 is 0 Å². The van der Waals surface area contributed by atoms with E-state index < -0.39 is 0 Å². The molecule has 1 unspecified atom stereocenters. The molecule has 1 amide bonds. The van der Waals surface area contributed by atoms with Gasteiger partial charge in [-0.25, -0.2) is 0 Å². The Hall–Kier alpha value is -0.900. The zero-order valence-electron chi connectivity index (χ0n) is 9.73. The van der Waals surface area contributed by atoms with Crippen LogP contribution in [0.25, 0.3) is 0 Å². The Morgan fingerprint density at radius 1 is 1.50 bits per heavy atom. The highest BCUT2D eigenvalue weighted by molar-refractivity contribution is 8.00. The molecule has 88 valence electrons. The molecule has 1 saturated heterocycles. The highest BCUT2D eigenvalue weighted by atomic mass is 32.2. The summed E-state index contributed by atoms with van der Waals surface area (Å²) < 4.78 is 5.73. The van der Waals surface area contributed by atoms with E-state index in [-0.39, 0.29) is 11.3 Å². The van der Waals surface area contributed by atoms with Crippen LogP contribution in [-0.4, -0.2) is 23.1 Å². The van der Waals surface area contributed by atoms with E-state index in [0.29, 0.717) is 5.75 Å². The standard InChI is InChI=1S/C12H17NO2S/c1-3-7-13-11(14)8-16-12(13)10-6-5-9(4-2)15-10/h5-6,12H,3-4,7-8H2,1-2H3. The van der Waals surface area contributed by atoms with Crippen LogP contribution in [0.5, 0.6) is 0 Å². The van der Waals surface area contributed by atoms with Crippen molar-refractivity contribution in [2.75, 3.05) is 12.3 Å². The van der Waals surface area contributed by atoms with Crippen molar-refractivity contribution in [1.29, 1.82) is 0 Å². The number of aryl methyl sites for hydroxylation is 1. The topological polar surface area (TPSA) is 33.5 Å². The number of amides is 1. The molecule has 3 nitrogen and oxygen atoms in total.